The largest absolute Gasteiger partial charge is 0.460 e. The molecule has 0 saturated carbocycles. The minimum Gasteiger partial charge on any atom is -0.460 e. The Morgan fingerprint density at radius 1 is 0.613 bits per heavy atom. The molecule has 1 spiro atoms. The van der Waals surface area contributed by atoms with E-state index in [4.69, 9.17) is 4.42 Å². The molecule has 0 radical (unpaired) electrons. The fraction of sp³-hybridized carbons (Fsp3) is 0.153. The van der Waals surface area contributed by atoms with Gasteiger partial charge in [-0.2, -0.15) is 0 Å². The average molecular weight is 797 g/mol. The number of hydrogen-bond acceptors (Lipinski definition) is 2. The fourth-order valence-corrected chi connectivity index (χ4v) is 12.3. The summed E-state index contributed by atoms with van der Waals surface area (Å²) >= 11 is 0. The van der Waals surface area contributed by atoms with Crippen LogP contribution >= 0.6 is 0 Å². The van der Waals surface area contributed by atoms with Gasteiger partial charge in [0.2, 0.25) is 0 Å². The van der Waals surface area contributed by atoms with Crippen LogP contribution in [0.25, 0.3) is 71.5 Å². The second-order valence-corrected chi connectivity index (χ2v) is 18.9. The van der Waals surface area contributed by atoms with E-state index in [1.54, 1.807) is 0 Å². The molecule has 0 saturated heterocycles. The smallest absolute Gasteiger partial charge is 0.134 e. The van der Waals surface area contributed by atoms with Gasteiger partial charge in [-0.1, -0.05) is 154 Å². The van der Waals surface area contributed by atoms with E-state index >= 15 is 0 Å². The lowest BCUT2D eigenvalue weighted by molar-refractivity contribution is 0.545. The zero-order chi connectivity index (χ0) is 41.1. The third kappa shape index (κ3) is 4.21. The lowest BCUT2D eigenvalue weighted by Crippen LogP contribution is -2.27. The maximum atomic E-state index is 6.75. The van der Waals surface area contributed by atoms with Gasteiger partial charge in [0.15, 0.2) is 0 Å². The Balaban J connectivity index is 1.22. The summed E-state index contributed by atoms with van der Waals surface area (Å²) in [5.41, 5.74) is 21.4. The monoisotopic (exact) mass is 796 g/mol. The van der Waals surface area contributed by atoms with E-state index in [1.165, 1.54) is 111 Å². The first-order valence-corrected chi connectivity index (χ1v) is 22.4. The summed E-state index contributed by atoms with van der Waals surface area (Å²) in [6.45, 7) is 6.98. The van der Waals surface area contributed by atoms with Crippen LogP contribution in [0.3, 0.4) is 0 Å². The Morgan fingerprint density at radius 2 is 1.34 bits per heavy atom. The molecule has 10 aromatic rings. The van der Waals surface area contributed by atoms with Crippen molar-refractivity contribution in [2.24, 2.45) is 0 Å². The molecule has 7 aromatic carbocycles. The summed E-state index contributed by atoms with van der Waals surface area (Å²) in [6, 6.07) is 55.3. The number of anilines is 2. The minimum absolute atomic E-state index is 0.0473. The Morgan fingerprint density at radius 3 is 2.21 bits per heavy atom. The van der Waals surface area contributed by atoms with Crippen molar-refractivity contribution in [3.05, 3.63) is 209 Å². The van der Waals surface area contributed by atoms with Gasteiger partial charge < -0.3 is 13.7 Å². The van der Waals surface area contributed by atoms with Crippen molar-refractivity contribution in [2.75, 3.05) is 4.90 Å². The number of aryl methyl sites for hydroxylation is 1. The summed E-state index contributed by atoms with van der Waals surface area (Å²) in [5, 5.41) is 6.31. The second-order valence-electron chi connectivity index (χ2n) is 18.9. The minimum atomic E-state index is -0.483. The molecule has 0 bridgehead atoms. The highest BCUT2D eigenvalue weighted by molar-refractivity contribution is 6.29. The van der Waals surface area contributed by atoms with Crippen LogP contribution in [0.5, 0.6) is 0 Å². The molecule has 62 heavy (non-hydrogen) atoms. The van der Waals surface area contributed by atoms with Crippen LogP contribution in [0, 0.1) is 0 Å². The number of para-hydroxylation sites is 3. The predicted octanol–water partition coefficient (Wildman–Crippen LogP) is 15.4. The van der Waals surface area contributed by atoms with Crippen LogP contribution in [0.1, 0.15) is 79.2 Å². The van der Waals surface area contributed by atoms with Gasteiger partial charge in [0, 0.05) is 50.2 Å². The molecule has 0 aliphatic heterocycles. The van der Waals surface area contributed by atoms with Gasteiger partial charge in [0.25, 0.3) is 0 Å². The van der Waals surface area contributed by atoms with Crippen LogP contribution in [0.2, 0.25) is 0 Å². The lowest BCUT2D eigenvalue weighted by atomic mass is 9.69. The SMILES string of the molecule is CC(C)(C)c1cccc(N(C2=CCCc3oc4ccccc4c32)c2cc3c(c4c2c2cccc5c6ccccc6n4c52)-c2ccccc2C32C3=C(CCC=C3)c3ccccc32)c1. The Kier molecular flexibility index (Phi) is 6.72. The first-order chi connectivity index (χ1) is 30.4. The standard InChI is InChI=1S/C59H44N2O/c1-58(2,3)35-17-14-18-36(33-35)60(49-30-16-32-52-54(49)42-23-8-13-31-51(42)62-52)50-34-47-53(57-55(50)43-25-15-24-40-39-21-7-12-29-48(39)61(57)56(40)43)41-22-6-11-28-46(41)59(47)44-26-9-4-19-37(44)38-20-5-10-27-45(38)59/h4,6-15,17-19,21-31,33-34H,5,16,20,32H2,1-3H3. The van der Waals surface area contributed by atoms with E-state index < -0.39 is 5.41 Å². The third-order valence-electron chi connectivity index (χ3n) is 14.8. The molecule has 4 aliphatic carbocycles. The van der Waals surface area contributed by atoms with Gasteiger partial charge >= 0.3 is 0 Å². The van der Waals surface area contributed by atoms with E-state index in [0.717, 1.165) is 42.7 Å². The molecule has 0 fully saturated rings. The Hall–Kier alpha value is -7.10. The first kappa shape index (κ1) is 34.6. The second kappa shape index (κ2) is 12.0. The van der Waals surface area contributed by atoms with Crippen molar-refractivity contribution in [3.63, 3.8) is 0 Å². The summed E-state index contributed by atoms with van der Waals surface area (Å²) in [7, 11) is 0. The normalized spacial score (nSPS) is 17.7. The van der Waals surface area contributed by atoms with Gasteiger partial charge in [0.05, 0.1) is 33.3 Å². The van der Waals surface area contributed by atoms with E-state index in [-0.39, 0.29) is 5.41 Å². The molecular weight excluding hydrogens is 753 g/mol. The van der Waals surface area contributed by atoms with Crippen LogP contribution in [-0.2, 0) is 17.3 Å². The van der Waals surface area contributed by atoms with Crippen molar-refractivity contribution >= 4 is 71.7 Å². The summed E-state index contributed by atoms with van der Waals surface area (Å²) in [4.78, 5) is 2.63. The summed E-state index contributed by atoms with van der Waals surface area (Å²) in [6.07, 6.45) is 11.3. The van der Waals surface area contributed by atoms with Crippen LogP contribution < -0.4 is 4.90 Å². The van der Waals surface area contributed by atoms with Crippen molar-refractivity contribution in [1.82, 2.24) is 4.40 Å². The van der Waals surface area contributed by atoms with Crippen molar-refractivity contribution in [3.8, 4) is 11.1 Å². The molecular formula is C59H44N2O. The van der Waals surface area contributed by atoms with Gasteiger partial charge in [-0.3, -0.25) is 0 Å². The van der Waals surface area contributed by atoms with Crippen molar-refractivity contribution < 1.29 is 4.42 Å². The van der Waals surface area contributed by atoms with Crippen molar-refractivity contribution in [2.45, 2.75) is 57.3 Å². The average Bonchev–Trinajstić information content (AvgIpc) is 4.09. The molecule has 4 aliphatic rings. The summed E-state index contributed by atoms with van der Waals surface area (Å²) in [5.74, 6) is 1.06. The topological polar surface area (TPSA) is 20.8 Å². The van der Waals surface area contributed by atoms with Crippen molar-refractivity contribution in [1.29, 1.82) is 0 Å². The maximum Gasteiger partial charge on any atom is 0.134 e. The number of aromatic nitrogens is 1. The number of nitrogens with zero attached hydrogens (tertiary/aromatic N) is 2. The van der Waals surface area contributed by atoms with Crippen LogP contribution in [-0.4, -0.2) is 4.40 Å². The van der Waals surface area contributed by atoms with Gasteiger partial charge in [-0.25, -0.2) is 0 Å². The molecule has 0 N–H and O–H groups in total. The molecule has 1 atom stereocenters. The van der Waals surface area contributed by atoms with E-state index in [9.17, 15) is 0 Å². The van der Waals surface area contributed by atoms with Crippen LogP contribution in [0.15, 0.2) is 174 Å². The number of benzene rings is 7. The number of furan rings is 1. The van der Waals surface area contributed by atoms with Gasteiger partial charge in [-0.05, 0) is 99.5 Å². The van der Waals surface area contributed by atoms with Gasteiger partial charge in [0.1, 0.15) is 11.3 Å². The predicted molar refractivity (Wildman–Crippen MR) is 258 cm³/mol. The molecule has 0 amide bonds. The van der Waals surface area contributed by atoms with E-state index in [0.29, 0.717) is 0 Å². The third-order valence-corrected chi connectivity index (χ3v) is 14.8. The quantitative estimate of drug-likeness (QED) is 0.178. The molecule has 3 heteroatoms. The molecule has 3 heterocycles. The molecule has 296 valence electrons. The number of hydrogen-bond donors (Lipinski definition) is 0. The highest BCUT2D eigenvalue weighted by atomic mass is 16.3. The van der Waals surface area contributed by atoms with Crippen LogP contribution in [0.4, 0.5) is 11.4 Å². The van der Waals surface area contributed by atoms with E-state index in [1.807, 2.05) is 0 Å². The number of allylic oxidation sites excluding steroid dienone is 5. The molecule has 3 nitrogen and oxygen atoms in total. The Labute approximate surface area is 360 Å². The first-order valence-electron chi connectivity index (χ1n) is 22.4. The number of rotatable bonds is 3. The molecule has 1 unspecified atom stereocenters. The Bertz CT molecular complexity index is 3690. The van der Waals surface area contributed by atoms with Gasteiger partial charge in [-0.15, -0.1) is 0 Å². The molecule has 3 aromatic heterocycles. The zero-order valence-electron chi connectivity index (χ0n) is 35.2. The fourth-order valence-electron chi connectivity index (χ4n) is 12.3. The maximum absolute atomic E-state index is 6.75. The summed E-state index contributed by atoms with van der Waals surface area (Å²) < 4.78 is 9.39. The number of fused-ring (bicyclic) bond motifs is 19. The lowest BCUT2D eigenvalue weighted by Gasteiger charge is -2.35. The molecule has 14 rings (SSSR count). The zero-order valence-corrected chi connectivity index (χ0v) is 35.2. The highest BCUT2D eigenvalue weighted by Gasteiger charge is 2.54. The highest BCUT2D eigenvalue weighted by Crippen LogP contribution is 2.66. The van der Waals surface area contributed by atoms with E-state index in [2.05, 4.69) is 194 Å².